The molecule has 1 aromatic carbocycles. The van der Waals surface area contributed by atoms with Crippen molar-refractivity contribution >= 4 is 0 Å². The summed E-state index contributed by atoms with van der Waals surface area (Å²) in [6.45, 7) is 0.398. The van der Waals surface area contributed by atoms with Gasteiger partial charge in [-0.3, -0.25) is 4.98 Å². The molecule has 4 rings (SSSR count). The van der Waals surface area contributed by atoms with Gasteiger partial charge in [0.2, 0.25) is 5.89 Å². The highest BCUT2D eigenvalue weighted by molar-refractivity contribution is 5.61. The molecule has 0 radical (unpaired) electrons. The highest BCUT2D eigenvalue weighted by atomic mass is 19.3. The maximum absolute atomic E-state index is 13.4. The third kappa shape index (κ3) is 3.57. The number of nitrogens with zero attached hydrogens (tertiary/aromatic N) is 5. The van der Waals surface area contributed by atoms with Crippen LogP contribution in [0.3, 0.4) is 0 Å². The summed E-state index contributed by atoms with van der Waals surface area (Å²) in [6.07, 6.45) is 2.01. The summed E-state index contributed by atoms with van der Waals surface area (Å²) in [6, 6.07) is 9.45. The predicted octanol–water partition coefficient (Wildman–Crippen LogP) is 4.12. The molecule has 0 saturated heterocycles. The van der Waals surface area contributed by atoms with Gasteiger partial charge in [-0.1, -0.05) is 12.1 Å². The number of aromatic nitrogens is 5. The first-order chi connectivity index (χ1) is 13.1. The van der Waals surface area contributed by atoms with Crippen LogP contribution in [0.1, 0.15) is 17.9 Å². The molecule has 0 aliphatic carbocycles. The Hall–Kier alpha value is -3.49. The Labute approximate surface area is 151 Å². The van der Waals surface area contributed by atoms with Crippen LogP contribution >= 0.6 is 0 Å². The van der Waals surface area contributed by atoms with Crippen molar-refractivity contribution in [1.82, 2.24) is 24.7 Å². The first-order valence-corrected chi connectivity index (χ1v) is 7.94. The number of alkyl halides is 2. The topological polar surface area (TPSA) is 69.6 Å². The molecule has 0 aliphatic heterocycles. The monoisotopic (exact) mass is 371 g/mol. The molecule has 0 spiro atoms. The van der Waals surface area contributed by atoms with Gasteiger partial charge in [0.05, 0.1) is 0 Å². The molecule has 4 aromatic rings. The van der Waals surface area contributed by atoms with Crippen molar-refractivity contribution in [2.24, 2.45) is 0 Å². The van der Waals surface area contributed by atoms with Crippen LogP contribution in [-0.2, 0) is 6.54 Å². The molecule has 0 saturated carbocycles. The summed E-state index contributed by atoms with van der Waals surface area (Å²) in [5.41, 5.74) is 1.70. The number of hydrogen-bond acceptors (Lipinski definition) is 5. The van der Waals surface area contributed by atoms with E-state index in [0.717, 1.165) is 5.56 Å². The number of pyridine rings is 1. The SMILES string of the molecule is Fc1cccc(Cn2ccnc2-c2cc(-c3nnc(C(F)F)o3)ccn2)c1. The largest absolute Gasteiger partial charge is 0.415 e. The fraction of sp³-hybridized carbons (Fsp3) is 0.111. The van der Waals surface area contributed by atoms with E-state index in [0.29, 0.717) is 23.6 Å². The van der Waals surface area contributed by atoms with Crippen LogP contribution < -0.4 is 0 Å². The molecule has 9 heteroatoms. The van der Waals surface area contributed by atoms with E-state index in [9.17, 15) is 13.2 Å². The zero-order chi connectivity index (χ0) is 18.8. The summed E-state index contributed by atoms with van der Waals surface area (Å²) in [4.78, 5) is 8.57. The fourth-order valence-electron chi connectivity index (χ4n) is 2.63. The van der Waals surface area contributed by atoms with Gasteiger partial charge in [-0.15, -0.1) is 10.2 Å². The first kappa shape index (κ1) is 17.0. The van der Waals surface area contributed by atoms with Crippen molar-refractivity contribution in [1.29, 1.82) is 0 Å². The Morgan fingerprint density at radius 3 is 2.70 bits per heavy atom. The molecule has 0 fully saturated rings. The fourth-order valence-corrected chi connectivity index (χ4v) is 2.63. The lowest BCUT2D eigenvalue weighted by Crippen LogP contribution is -2.02. The van der Waals surface area contributed by atoms with Crippen LogP contribution in [0.4, 0.5) is 13.2 Å². The van der Waals surface area contributed by atoms with Gasteiger partial charge in [-0.2, -0.15) is 8.78 Å². The molecule has 0 bridgehead atoms. The van der Waals surface area contributed by atoms with E-state index in [1.165, 1.54) is 18.3 Å². The summed E-state index contributed by atoms with van der Waals surface area (Å²) in [5, 5.41) is 6.96. The average molecular weight is 371 g/mol. The van der Waals surface area contributed by atoms with Crippen molar-refractivity contribution in [2.45, 2.75) is 13.0 Å². The lowest BCUT2D eigenvalue weighted by Gasteiger charge is -2.08. The van der Waals surface area contributed by atoms with Crippen LogP contribution in [0.5, 0.6) is 0 Å². The molecule has 0 unspecified atom stereocenters. The molecule has 27 heavy (non-hydrogen) atoms. The van der Waals surface area contributed by atoms with Crippen LogP contribution in [0.15, 0.2) is 59.4 Å². The van der Waals surface area contributed by atoms with E-state index in [1.807, 2.05) is 0 Å². The predicted molar refractivity (Wildman–Crippen MR) is 89.2 cm³/mol. The zero-order valence-electron chi connectivity index (χ0n) is 13.8. The molecule has 3 heterocycles. The second-order valence-corrected chi connectivity index (χ2v) is 5.68. The van der Waals surface area contributed by atoms with E-state index in [2.05, 4.69) is 20.2 Å². The zero-order valence-corrected chi connectivity index (χ0v) is 13.8. The third-order valence-electron chi connectivity index (χ3n) is 3.82. The van der Waals surface area contributed by atoms with Crippen LogP contribution in [0.2, 0.25) is 0 Å². The molecular weight excluding hydrogens is 359 g/mol. The van der Waals surface area contributed by atoms with Gasteiger partial charge in [-0.25, -0.2) is 9.37 Å². The Morgan fingerprint density at radius 2 is 1.93 bits per heavy atom. The first-order valence-electron chi connectivity index (χ1n) is 7.94. The normalized spacial score (nSPS) is 11.3. The van der Waals surface area contributed by atoms with Crippen LogP contribution in [0.25, 0.3) is 23.0 Å². The number of benzene rings is 1. The Bertz CT molecular complexity index is 1080. The maximum Gasteiger partial charge on any atom is 0.314 e. The smallest absolute Gasteiger partial charge is 0.314 e. The minimum absolute atomic E-state index is 0.0304. The average Bonchev–Trinajstić information content (AvgIpc) is 3.31. The summed E-state index contributed by atoms with van der Waals surface area (Å²) in [7, 11) is 0. The minimum atomic E-state index is -2.84. The summed E-state index contributed by atoms with van der Waals surface area (Å²) < 4.78 is 45.5. The Morgan fingerprint density at radius 1 is 1.04 bits per heavy atom. The van der Waals surface area contributed by atoms with Crippen molar-refractivity contribution in [3.8, 4) is 23.0 Å². The molecule has 0 aliphatic rings. The van der Waals surface area contributed by atoms with Crippen molar-refractivity contribution in [3.05, 3.63) is 72.3 Å². The number of halogens is 3. The summed E-state index contributed by atoms with van der Waals surface area (Å²) >= 11 is 0. The van der Waals surface area contributed by atoms with Gasteiger partial charge < -0.3 is 8.98 Å². The van der Waals surface area contributed by atoms with Gasteiger partial charge in [0.25, 0.3) is 5.89 Å². The lowest BCUT2D eigenvalue weighted by molar-refractivity contribution is 0.116. The second kappa shape index (κ2) is 7.02. The van der Waals surface area contributed by atoms with E-state index in [-0.39, 0.29) is 11.7 Å². The molecular formula is C18H12F3N5O. The van der Waals surface area contributed by atoms with E-state index in [1.54, 1.807) is 41.2 Å². The standard InChI is InChI=1S/C18H12F3N5O/c19-13-3-1-2-11(8-13)10-26-7-6-23-16(26)14-9-12(4-5-22-14)17-24-25-18(27-17)15(20)21/h1-9,15H,10H2. The van der Waals surface area contributed by atoms with Crippen molar-refractivity contribution in [3.63, 3.8) is 0 Å². The minimum Gasteiger partial charge on any atom is -0.415 e. The number of imidazole rings is 1. The number of rotatable bonds is 5. The lowest BCUT2D eigenvalue weighted by atomic mass is 10.2. The van der Waals surface area contributed by atoms with Gasteiger partial charge in [0.1, 0.15) is 11.5 Å². The van der Waals surface area contributed by atoms with E-state index < -0.39 is 12.3 Å². The number of hydrogen-bond donors (Lipinski definition) is 0. The maximum atomic E-state index is 13.4. The highest BCUT2D eigenvalue weighted by Crippen LogP contribution is 2.26. The molecule has 136 valence electrons. The van der Waals surface area contributed by atoms with Crippen LogP contribution in [0, 0.1) is 5.82 Å². The quantitative estimate of drug-likeness (QED) is 0.528. The molecule has 6 nitrogen and oxygen atoms in total. The third-order valence-corrected chi connectivity index (χ3v) is 3.82. The van der Waals surface area contributed by atoms with Crippen molar-refractivity contribution < 1.29 is 17.6 Å². The Balaban J connectivity index is 1.66. The van der Waals surface area contributed by atoms with E-state index in [4.69, 9.17) is 4.42 Å². The van der Waals surface area contributed by atoms with Crippen LogP contribution in [-0.4, -0.2) is 24.7 Å². The van der Waals surface area contributed by atoms with Gasteiger partial charge in [-0.05, 0) is 29.8 Å². The molecule has 3 aromatic heterocycles. The highest BCUT2D eigenvalue weighted by Gasteiger charge is 2.18. The van der Waals surface area contributed by atoms with E-state index >= 15 is 0 Å². The van der Waals surface area contributed by atoms with Gasteiger partial charge in [0.15, 0.2) is 5.82 Å². The molecule has 0 N–H and O–H groups in total. The molecule has 0 amide bonds. The van der Waals surface area contributed by atoms with Gasteiger partial charge in [0, 0.05) is 30.7 Å². The summed E-state index contributed by atoms with van der Waals surface area (Å²) in [5.74, 6) is -0.552. The molecule has 0 atom stereocenters. The second-order valence-electron chi connectivity index (χ2n) is 5.68. The Kier molecular flexibility index (Phi) is 4.41. The van der Waals surface area contributed by atoms with Gasteiger partial charge >= 0.3 is 6.43 Å². The van der Waals surface area contributed by atoms with Crippen molar-refractivity contribution in [2.75, 3.05) is 0 Å².